The molecule has 0 radical (unpaired) electrons. The van der Waals surface area contributed by atoms with E-state index >= 15 is 0 Å². The van der Waals surface area contributed by atoms with Crippen LogP contribution in [0.4, 0.5) is 0 Å². The molecule has 3 amide bonds. The smallest absolute Gasteiger partial charge is 0.327 e. The normalized spacial score (nSPS) is 26.2. The maximum atomic E-state index is 14.7. The Morgan fingerprint density at radius 1 is 1.03 bits per heavy atom. The van der Waals surface area contributed by atoms with E-state index in [4.69, 9.17) is 23.8 Å². The highest BCUT2D eigenvalue weighted by molar-refractivity contribution is 5.94. The van der Waals surface area contributed by atoms with Gasteiger partial charge in [-0.25, -0.2) is 0 Å². The fraction of sp³-hybridized carbons (Fsp3) is 0.705. The van der Waals surface area contributed by atoms with Crippen molar-refractivity contribution >= 4 is 35.7 Å². The summed E-state index contributed by atoms with van der Waals surface area (Å²) in [7, 11) is 3.35. The average molecular weight is 827 g/mol. The van der Waals surface area contributed by atoms with E-state index in [9.17, 15) is 29.1 Å². The lowest BCUT2D eigenvalue weighted by Gasteiger charge is -2.48. The molecule has 3 saturated heterocycles. The number of hydroxylamine groups is 2. The van der Waals surface area contributed by atoms with Crippen molar-refractivity contribution in [2.24, 2.45) is 5.41 Å². The van der Waals surface area contributed by atoms with Crippen molar-refractivity contribution in [3.05, 3.63) is 41.5 Å². The van der Waals surface area contributed by atoms with Gasteiger partial charge in [-0.3, -0.25) is 28.8 Å². The summed E-state index contributed by atoms with van der Waals surface area (Å²) in [6, 6.07) is 5.69. The Balaban J connectivity index is 1.37. The van der Waals surface area contributed by atoms with E-state index in [1.807, 2.05) is 24.3 Å². The van der Waals surface area contributed by atoms with Gasteiger partial charge >= 0.3 is 11.9 Å². The molecule has 1 aromatic rings. The van der Waals surface area contributed by atoms with Crippen LogP contribution in [-0.2, 0) is 54.3 Å². The summed E-state index contributed by atoms with van der Waals surface area (Å²) >= 11 is 0. The molecule has 15 nitrogen and oxygen atoms in total. The van der Waals surface area contributed by atoms with Crippen LogP contribution in [0.25, 0.3) is 6.08 Å². The minimum absolute atomic E-state index is 0.0160. The van der Waals surface area contributed by atoms with Crippen molar-refractivity contribution in [2.45, 2.75) is 166 Å². The number of hydrogen-bond acceptors (Lipinski definition) is 12. The number of benzene rings is 1. The van der Waals surface area contributed by atoms with Crippen LogP contribution in [0.5, 0.6) is 0 Å². The highest BCUT2D eigenvalue weighted by Crippen LogP contribution is 2.58. The number of amides is 3. The van der Waals surface area contributed by atoms with Gasteiger partial charge in [0.1, 0.15) is 35.4 Å². The number of ether oxygens (including phenoxy) is 4. The maximum absolute atomic E-state index is 14.7. The Kier molecular flexibility index (Phi) is 15.7. The second-order valence-electron chi connectivity index (χ2n) is 17.6. The van der Waals surface area contributed by atoms with Gasteiger partial charge in [0.05, 0.1) is 19.2 Å². The average Bonchev–Trinajstić information content (AvgIpc) is 3.73. The number of esters is 2. The summed E-state index contributed by atoms with van der Waals surface area (Å²) in [5.41, 5.74) is -0.524. The van der Waals surface area contributed by atoms with Crippen LogP contribution in [0.1, 0.15) is 123 Å². The van der Waals surface area contributed by atoms with E-state index in [1.54, 1.807) is 40.9 Å². The molecule has 1 aromatic carbocycles. The molecule has 7 atom stereocenters. The molecule has 3 aliphatic heterocycles. The van der Waals surface area contributed by atoms with Gasteiger partial charge < -0.3 is 39.6 Å². The van der Waals surface area contributed by atoms with Crippen molar-refractivity contribution in [1.29, 1.82) is 0 Å². The minimum atomic E-state index is -1.43. The van der Waals surface area contributed by atoms with Crippen LogP contribution >= 0.6 is 0 Å². The summed E-state index contributed by atoms with van der Waals surface area (Å²) in [6.45, 7) is 9.28. The highest BCUT2D eigenvalue weighted by atomic mass is 16.8. The third-order valence-corrected chi connectivity index (χ3v) is 11.5. The minimum Gasteiger partial charge on any atom is -0.460 e. The maximum Gasteiger partial charge on any atom is 0.327 e. The highest BCUT2D eigenvalue weighted by Gasteiger charge is 2.76. The third kappa shape index (κ3) is 11.3. The second kappa shape index (κ2) is 20.1. The van der Waals surface area contributed by atoms with Crippen LogP contribution in [0.15, 0.2) is 30.3 Å². The van der Waals surface area contributed by atoms with Crippen molar-refractivity contribution < 1.29 is 52.9 Å². The fourth-order valence-corrected chi connectivity index (χ4v) is 8.64. The number of nitrogens with one attached hydrogen (secondary N) is 2. The number of rotatable bonds is 21. The first-order valence-electron chi connectivity index (χ1n) is 21.4. The molecule has 5 rings (SSSR count). The number of nitrogens with zero attached hydrogens (tertiary/aromatic N) is 2. The zero-order valence-corrected chi connectivity index (χ0v) is 36.0. The number of fused-ring (bicyclic) bond motifs is 4. The van der Waals surface area contributed by atoms with Gasteiger partial charge in [0, 0.05) is 58.8 Å². The van der Waals surface area contributed by atoms with E-state index in [1.165, 1.54) is 16.0 Å². The molecule has 15 heteroatoms. The number of hydrogen-bond donors (Lipinski definition) is 3. The van der Waals surface area contributed by atoms with Gasteiger partial charge in [0.25, 0.3) is 0 Å². The van der Waals surface area contributed by atoms with Crippen molar-refractivity contribution in [3.63, 3.8) is 0 Å². The summed E-state index contributed by atoms with van der Waals surface area (Å²) in [5.74, 6) is -2.98. The zero-order chi connectivity index (χ0) is 43.0. The molecular formula is C44H66N4O11. The lowest BCUT2D eigenvalue weighted by Crippen LogP contribution is -2.69. The quantitative estimate of drug-likeness (QED) is 0.0908. The van der Waals surface area contributed by atoms with Crippen LogP contribution in [0.2, 0.25) is 0 Å². The van der Waals surface area contributed by atoms with Crippen LogP contribution in [0.3, 0.4) is 0 Å². The number of carbonyl (C=O) groups is 5. The Labute approximate surface area is 348 Å². The first-order chi connectivity index (χ1) is 28.0. The predicted octanol–water partition coefficient (Wildman–Crippen LogP) is 4.33. The number of likely N-dealkylation sites (N-methyl/N-ethyl adjacent to an activating group) is 1. The first kappa shape index (κ1) is 46.2. The van der Waals surface area contributed by atoms with Gasteiger partial charge in [0.2, 0.25) is 17.7 Å². The lowest BCUT2D eigenvalue weighted by molar-refractivity contribution is -0.224. The molecule has 4 fully saturated rings. The number of carbonyl (C=O) groups excluding carboxylic acids is 5. The molecule has 2 bridgehead atoms. The molecule has 3 heterocycles. The van der Waals surface area contributed by atoms with Crippen molar-refractivity contribution in [2.75, 3.05) is 27.2 Å². The Morgan fingerprint density at radius 3 is 2.37 bits per heavy atom. The van der Waals surface area contributed by atoms with E-state index in [-0.39, 0.29) is 51.3 Å². The topological polar surface area (TPSA) is 182 Å². The van der Waals surface area contributed by atoms with E-state index in [2.05, 4.69) is 24.5 Å². The Morgan fingerprint density at radius 2 is 1.73 bits per heavy atom. The zero-order valence-electron chi connectivity index (χ0n) is 36.0. The van der Waals surface area contributed by atoms with Crippen molar-refractivity contribution in [1.82, 2.24) is 20.6 Å². The Hall–Kier alpha value is -3.89. The van der Waals surface area contributed by atoms with E-state index in [0.29, 0.717) is 12.8 Å². The lowest BCUT2D eigenvalue weighted by atomic mass is 9.62. The first-order valence-corrected chi connectivity index (χ1v) is 21.4. The number of unbranched alkanes of at least 4 members (excludes halogenated alkanes) is 4. The van der Waals surface area contributed by atoms with Gasteiger partial charge in [-0.1, -0.05) is 63.8 Å². The second-order valence-corrected chi connectivity index (χ2v) is 17.6. The predicted molar refractivity (Wildman–Crippen MR) is 218 cm³/mol. The standard InChI is InChI=1S/C44H66N4O11/c1-8-10-12-22-43(23-13-11-9-2)57-36-32-26-44(41(54)45-24-21-33(50)46-31(28-49)18-20-35(52)56-42(3,4)5)38(40(53)55-32)48(59-39(44)37(36)58-43)27-30-16-14-15-29(25-30)17-19-34(51)47(6)7/h14-17,19,25,31-32,36-39,49H,8-13,18,20-24,26-28H2,1-7H3,(H,45,54)(H,46,50)/t31-,32+,36-,37-,38+,39+,44+/m0/s1. The molecular weight excluding hydrogens is 761 g/mol. The molecule has 328 valence electrons. The molecule has 59 heavy (non-hydrogen) atoms. The number of aliphatic hydroxyl groups is 1. The summed E-state index contributed by atoms with van der Waals surface area (Å²) in [6.07, 6.45) is 7.59. The molecule has 3 N–H and O–H groups in total. The summed E-state index contributed by atoms with van der Waals surface area (Å²) in [4.78, 5) is 74.6. The van der Waals surface area contributed by atoms with Gasteiger partial charge in [-0.05, 0) is 57.2 Å². The van der Waals surface area contributed by atoms with Crippen LogP contribution < -0.4 is 10.6 Å². The van der Waals surface area contributed by atoms with E-state index < -0.39 is 77.1 Å². The third-order valence-electron chi connectivity index (χ3n) is 11.5. The monoisotopic (exact) mass is 826 g/mol. The molecule has 1 saturated carbocycles. The molecule has 1 aliphatic carbocycles. The molecule has 0 unspecified atom stereocenters. The van der Waals surface area contributed by atoms with E-state index in [0.717, 1.165) is 49.7 Å². The van der Waals surface area contributed by atoms with Crippen LogP contribution in [-0.4, -0.2) is 120 Å². The van der Waals surface area contributed by atoms with Gasteiger partial charge in [0.15, 0.2) is 11.8 Å². The fourth-order valence-electron chi connectivity index (χ4n) is 8.64. The molecule has 4 aliphatic rings. The van der Waals surface area contributed by atoms with Gasteiger partial charge in [-0.2, -0.15) is 5.06 Å². The largest absolute Gasteiger partial charge is 0.460 e. The van der Waals surface area contributed by atoms with Gasteiger partial charge in [-0.15, -0.1) is 0 Å². The summed E-state index contributed by atoms with van der Waals surface area (Å²) in [5, 5.41) is 17.1. The molecule has 0 aromatic heterocycles. The molecule has 0 spiro atoms. The number of aliphatic hydroxyl groups excluding tert-OH is 1. The van der Waals surface area contributed by atoms with Crippen molar-refractivity contribution in [3.8, 4) is 0 Å². The van der Waals surface area contributed by atoms with Crippen LogP contribution in [0, 0.1) is 5.41 Å². The summed E-state index contributed by atoms with van der Waals surface area (Å²) < 4.78 is 25.3. The Bertz CT molecular complexity index is 1670. The SMILES string of the molecule is CCCCCC1(CCCCC)O[C@@H]2[C@H](O1)[C@H]1ON(Cc3cccc(C=CC(=O)N(C)C)c3)[C@@H]3C(=O)O[C@@H]2C[C@]13C(=O)NCCC(=O)N[C@H](CO)CCC(=O)OC(C)(C)C.